The summed E-state index contributed by atoms with van der Waals surface area (Å²) in [6.07, 6.45) is 0.735. The molecule has 0 atom stereocenters. The highest BCUT2D eigenvalue weighted by atomic mass is 19.1. The summed E-state index contributed by atoms with van der Waals surface area (Å²) < 4.78 is 14.7. The first-order valence-electron chi connectivity index (χ1n) is 6.69. The van der Waals surface area contributed by atoms with Crippen LogP contribution in [-0.4, -0.2) is 17.0 Å². The molecule has 20 heavy (non-hydrogen) atoms. The van der Waals surface area contributed by atoms with Gasteiger partial charge in [0, 0.05) is 18.5 Å². The van der Waals surface area contributed by atoms with E-state index in [4.69, 9.17) is 0 Å². The number of carbonyl (C=O) groups excluding carboxylic acids is 1. The molecule has 1 aromatic heterocycles. The molecule has 106 valence electrons. The Morgan fingerprint density at radius 3 is 2.70 bits per heavy atom. The van der Waals surface area contributed by atoms with Crippen molar-refractivity contribution in [2.75, 3.05) is 6.54 Å². The quantitative estimate of drug-likeness (QED) is 0.931. The highest BCUT2D eigenvalue weighted by Crippen LogP contribution is 2.14. The van der Waals surface area contributed by atoms with Gasteiger partial charge in [0.2, 0.25) is 0 Å². The van der Waals surface area contributed by atoms with Crippen molar-refractivity contribution >= 4 is 16.7 Å². The van der Waals surface area contributed by atoms with Crippen LogP contribution in [0.1, 0.15) is 30.8 Å². The van der Waals surface area contributed by atoms with E-state index in [1.165, 1.54) is 22.8 Å². The largest absolute Gasteiger partial charge is 0.351 e. The van der Waals surface area contributed by atoms with Crippen molar-refractivity contribution < 1.29 is 9.18 Å². The van der Waals surface area contributed by atoms with Gasteiger partial charge in [-0.2, -0.15) is 0 Å². The van der Waals surface area contributed by atoms with E-state index in [9.17, 15) is 14.0 Å². The fourth-order valence-electron chi connectivity index (χ4n) is 2.21. The van der Waals surface area contributed by atoms with Crippen LogP contribution in [-0.2, 0) is 6.54 Å². The molecule has 2 aromatic rings. The minimum Gasteiger partial charge on any atom is -0.351 e. The lowest BCUT2D eigenvalue weighted by Crippen LogP contribution is -2.32. The molecular weight excluding hydrogens is 259 g/mol. The maximum atomic E-state index is 13.3. The lowest BCUT2D eigenvalue weighted by atomic mass is 10.1. The molecule has 0 radical (unpaired) electrons. The summed E-state index contributed by atoms with van der Waals surface area (Å²) in [6.45, 7) is 4.67. The molecule has 4 nitrogen and oxygen atoms in total. The fraction of sp³-hybridized carbons (Fsp3) is 0.333. The van der Waals surface area contributed by atoms with Gasteiger partial charge in [0.1, 0.15) is 11.5 Å². The third kappa shape index (κ3) is 2.57. The van der Waals surface area contributed by atoms with E-state index >= 15 is 0 Å². The summed E-state index contributed by atoms with van der Waals surface area (Å²) in [4.78, 5) is 24.5. The molecule has 2 rings (SSSR count). The maximum Gasteiger partial charge on any atom is 0.268 e. The van der Waals surface area contributed by atoms with Crippen molar-refractivity contribution in [2.45, 2.75) is 26.8 Å². The van der Waals surface area contributed by atoms with E-state index in [-0.39, 0.29) is 17.2 Å². The number of halogens is 1. The summed E-state index contributed by atoms with van der Waals surface area (Å²) in [6, 6.07) is 5.56. The van der Waals surface area contributed by atoms with Gasteiger partial charge >= 0.3 is 0 Å². The zero-order valence-electron chi connectivity index (χ0n) is 11.6. The molecule has 0 spiro atoms. The van der Waals surface area contributed by atoms with Crippen molar-refractivity contribution in [3.63, 3.8) is 0 Å². The molecule has 1 N–H and O–H groups in total. The van der Waals surface area contributed by atoms with Gasteiger partial charge in [0.15, 0.2) is 0 Å². The molecule has 5 heteroatoms. The van der Waals surface area contributed by atoms with E-state index in [1.807, 2.05) is 6.92 Å². The molecule has 0 saturated carbocycles. The zero-order chi connectivity index (χ0) is 14.7. The van der Waals surface area contributed by atoms with Gasteiger partial charge in [0.25, 0.3) is 11.5 Å². The van der Waals surface area contributed by atoms with E-state index in [0.717, 1.165) is 6.42 Å². The van der Waals surface area contributed by atoms with Gasteiger partial charge in [0.05, 0.1) is 0 Å². The highest BCUT2D eigenvalue weighted by molar-refractivity contribution is 5.96. The normalized spacial score (nSPS) is 10.8. The second-order valence-electron chi connectivity index (χ2n) is 4.58. The summed E-state index contributed by atoms with van der Waals surface area (Å²) in [7, 11) is 0. The summed E-state index contributed by atoms with van der Waals surface area (Å²) >= 11 is 0. The van der Waals surface area contributed by atoms with Crippen LogP contribution in [0.25, 0.3) is 10.8 Å². The Hall–Kier alpha value is -2.17. The van der Waals surface area contributed by atoms with E-state index in [0.29, 0.717) is 23.9 Å². The highest BCUT2D eigenvalue weighted by Gasteiger charge is 2.14. The Morgan fingerprint density at radius 2 is 2.05 bits per heavy atom. The smallest absolute Gasteiger partial charge is 0.268 e. The topological polar surface area (TPSA) is 51.1 Å². The molecule has 0 bridgehead atoms. The summed E-state index contributed by atoms with van der Waals surface area (Å²) in [5.41, 5.74) is 0.0161. The molecule has 0 saturated heterocycles. The van der Waals surface area contributed by atoms with Crippen LogP contribution < -0.4 is 10.9 Å². The predicted octanol–water partition coefficient (Wildman–Crippen LogP) is 2.30. The number of carbonyl (C=O) groups is 1. The Kier molecular flexibility index (Phi) is 4.17. The Bertz CT molecular complexity index is 707. The number of nitrogens with one attached hydrogen (secondary N) is 1. The predicted molar refractivity (Wildman–Crippen MR) is 76.5 cm³/mol. The number of hydrogen-bond acceptors (Lipinski definition) is 2. The van der Waals surface area contributed by atoms with Gasteiger partial charge in [-0.15, -0.1) is 0 Å². The standard InChI is InChI=1S/C15H17FN2O2/c1-3-7-18-13(14(19)17-4-2)9-10-8-11(16)5-6-12(10)15(18)20/h5-6,8-9H,3-4,7H2,1-2H3,(H,17,19). The Labute approximate surface area is 116 Å². The van der Waals surface area contributed by atoms with Gasteiger partial charge in [-0.3, -0.25) is 9.59 Å². The Balaban J connectivity index is 2.73. The van der Waals surface area contributed by atoms with Crippen LogP contribution >= 0.6 is 0 Å². The van der Waals surface area contributed by atoms with Gasteiger partial charge < -0.3 is 9.88 Å². The molecule has 0 fully saturated rings. The molecule has 0 aliphatic rings. The van der Waals surface area contributed by atoms with Crippen molar-refractivity contribution in [1.29, 1.82) is 0 Å². The van der Waals surface area contributed by atoms with Gasteiger partial charge in [-0.1, -0.05) is 6.92 Å². The van der Waals surface area contributed by atoms with E-state index in [1.54, 1.807) is 13.0 Å². The van der Waals surface area contributed by atoms with Crippen molar-refractivity contribution in [1.82, 2.24) is 9.88 Å². The third-order valence-corrected chi connectivity index (χ3v) is 3.09. The monoisotopic (exact) mass is 276 g/mol. The number of rotatable bonds is 4. The first-order chi connectivity index (χ1) is 9.58. The number of pyridine rings is 1. The van der Waals surface area contributed by atoms with Crippen LogP contribution in [0.2, 0.25) is 0 Å². The zero-order valence-corrected chi connectivity index (χ0v) is 11.6. The van der Waals surface area contributed by atoms with Crippen molar-refractivity contribution in [3.05, 3.63) is 46.1 Å². The van der Waals surface area contributed by atoms with Crippen LogP contribution in [0, 0.1) is 5.82 Å². The minimum atomic E-state index is -0.424. The van der Waals surface area contributed by atoms with Crippen LogP contribution in [0.15, 0.2) is 29.1 Å². The lowest BCUT2D eigenvalue weighted by Gasteiger charge is -2.13. The molecule has 1 heterocycles. The Morgan fingerprint density at radius 1 is 1.30 bits per heavy atom. The van der Waals surface area contributed by atoms with Crippen LogP contribution in [0.4, 0.5) is 4.39 Å². The fourth-order valence-corrected chi connectivity index (χ4v) is 2.21. The van der Waals surface area contributed by atoms with Gasteiger partial charge in [-0.05, 0) is 43.0 Å². The van der Waals surface area contributed by atoms with Gasteiger partial charge in [-0.25, -0.2) is 4.39 Å². The number of aromatic nitrogens is 1. The lowest BCUT2D eigenvalue weighted by molar-refractivity contribution is 0.0945. The second kappa shape index (κ2) is 5.86. The number of fused-ring (bicyclic) bond motifs is 1. The third-order valence-electron chi connectivity index (χ3n) is 3.09. The van der Waals surface area contributed by atoms with Crippen molar-refractivity contribution in [3.8, 4) is 0 Å². The van der Waals surface area contributed by atoms with E-state index in [2.05, 4.69) is 5.32 Å². The van der Waals surface area contributed by atoms with Crippen LogP contribution in [0.3, 0.4) is 0 Å². The molecule has 1 amide bonds. The summed E-state index contributed by atoms with van der Waals surface area (Å²) in [5, 5.41) is 3.55. The SMILES string of the molecule is CCCn1c(C(=O)NCC)cc2cc(F)ccc2c1=O. The average Bonchev–Trinajstić information content (AvgIpc) is 2.41. The molecular formula is C15H17FN2O2. The second-order valence-corrected chi connectivity index (χ2v) is 4.58. The number of amides is 1. The first-order valence-corrected chi connectivity index (χ1v) is 6.69. The van der Waals surface area contributed by atoms with E-state index < -0.39 is 5.82 Å². The van der Waals surface area contributed by atoms with Crippen LogP contribution in [0.5, 0.6) is 0 Å². The first kappa shape index (κ1) is 14.2. The number of nitrogens with zero attached hydrogens (tertiary/aromatic N) is 1. The molecule has 1 aromatic carbocycles. The number of hydrogen-bond donors (Lipinski definition) is 1. The molecule has 0 aliphatic heterocycles. The minimum absolute atomic E-state index is 0.259. The molecule has 0 unspecified atom stereocenters. The molecule has 0 aliphatic carbocycles. The van der Waals surface area contributed by atoms with Crippen molar-refractivity contribution in [2.24, 2.45) is 0 Å². The average molecular weight is 276 g/mol. The number of benzene rings is 1. The summed E-state index contributed by atoms with van der Waals surface area (Å²) in [5.74, 6) is -0.740. The maximum absolute atomic E-state index is 13.3.